The molecule has 0 N–H and O–H groups in total. The summed E-state index contributed by atoms with van der Waals surface area (Å²) in [5, 5.41) is 1.51. The van der Waals surface area contributed by atoms with Gasteiger partial charge in [0.2, 0.25) is 5.88 Å². The second-order valence-electron chi connectivity index (χ2n) is 12.6. The molecular weight excluding hydrogens is 586 g/mol. The van der Waals surface area contributed by atoms with Gasteiger partial charge in [0.1, 0.15) is 23.6 Å². The lowest BCUT2D eigenvalue weighted by Gasteiger charge is -2.19. The molecule has 0 unspecified atom stereocenters. The van der Waals surface area contributed by atoms with E-state index in [2.05, 4.69) is 115 Å². The minimum absolute atomic E-state index is 0.130. The van der Waals surface area contributed by atoms with Gasteiger partial charge in [-0.15, -0.1) is 11.3 Å². The first-order valence-corrected chi connectivity index (χ1v) is 15.6. The molecule has 6 rings (SSSR count). The van der Waals surface area contributed by atoms with Crippen LogP contribution in [0.25, 0.3) is 32.7 Å². The fourth-order valence-electron chi connectivity index (χ4n) is 4.53. The summed E-state index contributed by atoms with van der Waals surface area (Å²) in [6, 6.07) is 26.4. The Morgan fingerprint density at radius 3 is 1.73 bits per heavy atom. The average Bonchev–Trinajstić information content (AvgIpc) is 3.36. The predicted molar refractivity (Wildman–Crippen MR) is 182 cm³/mol. The van der Waals surface area contributed by atoms with Gasteiger partial charge in [-0.05, 0) is 41.0 Å². The lowest BCUT2D eigenvalue weighted by molar-refractivity contribution is 0.462. The lowest BCUT2D eigenvalue weighted by Crippen LogP contribution is -2.10. The van der Waals surface area contributed by atoms with Gasteiger partial charge in [0.15, 0.2) is 0 Å². The number of ether oxygens (including phenoxy) is 1. The van der Waals surface area contributed by atoms with Crippen molar-refractivity contribution in [3.63, 3.8) is 0 Å². The van der Waals surface area contributed by atoms with Gasteiger partial charge < -0.3 is 4.74 Å². The van der Waals surface area contributed by atoms with Gasteiger partial charge >= 0.3 is 0 Å². The van der Waals surface area contributed by atoms with E-state index in [1.165, 1.54) is 23.8 Å². The Bertz CT molecular complexity index is 1870. The maximum atomic E-state index is 5.95. The molecule has 0 atom stereocenters. The molecule has 6 aromatic rings. The summed E-state index contributed by atoms with van der Waals surface area (Å²) in [6.07, 6.45) is 3.02. The van der Waals surface area contributed by atoms with E-state index in [1.807, 2.05) is 31.2 Å². The Kier molecular flexibility index (Phi) is 9.09. The van der Waals surface area contributed by atoms with Gasteiger partial charge in [-0.3, -0.25) is 0 Å². The molecule has 3 aromatic carbocycles. The minimum Gasteiger partial charge on any atom is -0.439 e. The molecular formula is C36H36ClN5OS. The van der Waals surface area contributed by atoms with E-state index in [-0.39, 0.29) is 10.8 Å². The van der Waals surface area contributed by atoms with E-state index in [0.29, 0.717) is 11.0 Å². The Morgan fingerprint density at radius 1 is 0.636 bits per heavy atom. The van der Waals surface area contributed by atoms with Gasteiger partial charge in [0, 0.05) is 29.3 Å². The summed E-state index contributed by atoms with van der Waals surface area (Å²) in [4.78, 5) is 21.2. The molecule has 0 fully saturated rings. The summed E-state index contributed by atoms with van der Waals surface area (Å²) in [5.41, 5.74) is 7.64. The minimum atomic E-state index is 0.130. The Balaban J connectivity index is 0.000000195. The molecule has 0 amide bonds. The standard InChI is InChI=1S/C22H21N3OS.C14H15ClN2/c1-14-25-19-11-17(9-10-20(19)27-14)26-21-12-18(23-13-24-21)15-5-7-16(8-6-15)22(2,3)4;1-14(2,3)11-6-4-10(5-7-11)12-8-13(15)17-9-16-12/h5-13H,1-4H3;4-9H,1-3H3. The maximum Gasteiger partial charge on any atom is 0.222 e. The molecule has 0 bridgehead atoms. The Labute approximate surface area is 268 Å². The molecule has 0 aliphatic heterocycles. The van der Waals surface area contributed by atoms with Crippen molar-refractivity contribution >= 4 is 33.2 Å². The molecule has 6 nitrogen and oxygen atoms in total. The molecule has 0 spiro atoms. The van der Waals surface area contributed by atoms with E-state index < -0.39 is 0 Å². The van der Waals surface area contributed by atoms with E-state index in [1.54, 1.807) is 17.4 Å². The number of hydrogen-bond donors (Lipinski definition) is 0. The molecule has 0 saturated carbocycles. The highest BCUT2D eigenvalue weighted by Gasteiger charge is 2.15. The molecule has 44 heavy (non-hydrogen) atoms. The SMILES string of the molecule is CC(C)(C)c1ccc(-c2cc(Cl)ncn2)cc1.Cc1nc2cc(Oc3cc(-c4ccc(C(C)(C)C)cc4)ncn3)ccc2s1. The van der Waals surface area contributed by atoms with Crippen LogP contribution in [0.5, 0.6) is 11.6 Å². The van der Waals surface area contributed by atoms with Crippen LogP contribution in [-0.2, 0) is 10.8 Å². The number of rotatable bonds is 4. The van der Waals surface area contributed by atoms with E-state index in [0.717, 1.165) is 43.5 Å². The number of hydrogen-bond acceptors (Lipinski definition) is 7. The van der Waals surface area contributed by atoms with Crippen LogP contribution in [0.2, 0.25) is 5.15 Å². The van der Waals surface area contributed by atoms with E-state index in [4.69, 9.17) is 16.3 Å². The summed E-state index contributed by atoms with van der Waals surface area (Å²) >= 11 is 7.52. The summed E-state index contributed by atoms with van der Waals surface area (Å²) in [7, 11) is 0. The highest BCUT2D eigenvalue weighted by molar-refractivity contribution is 7.18. The summed E-state index contributed by atoms with van der Waals surface area (Å²) < 4.78 is 7.10. The number of aromatic nitrogens is 5. The quantitative estimate of drug-likeness (QED) is 0.182. The van der Waals surface area contributed by atoms with Crippen molar-refractivity contribution in [1.82, 2.24) is 24.9 Å². The van der Waals surface area contributed by atoms with Crippen molar-refractivity contribution < 1.29 is 4.74 Å². The highest BCUT2D eigenvalue weighted by atomic mass is 35.5. The largest absolute Gasteiger partial charge is 0.439 e. The fraction of sp³-hybridized carbons (Fsp3) is 0.250. The molecule has 0 saturated heterocycles. The molecule has 3 aromatic heterocycles. The maximum absolute atomic E-state index is 5.95. The Morgan fingerprint density at radius 2 is 1.18 bits per heavy atom. The van der Waals surface area contributed by atoms with E-state index >= 15 is 0 Å². The van der Waals surface area contributed by atoms with Crippen molar-refractivity contribution in [3.8, 4) is 34.1 Å². The second-order valence-corrected chi connectivity index (χ2v) is 14.2. The van der Waals surface area contributed by atoms with Gasteiger partial charge in [0.25, 0.3) is 0 Å². The third-order valence-electron chi connectivity index (χ3n) is 7.06. The Hall–Kier alpha value is -4.20. The van der Waals surface area contributed by atoms with Crippen LogP contribution in [0.3, 0.4) is 0 Å². The number of benzene rings is 3. The van der Waals surface area contributed by atoms with Crippen LogP contribution < -0.4 is 4.74 Å². The van der Waals surface area contributed by atoms with Crippen molar-refractivity contribution in [1.29, 1.82) is 0 Å². The second kappa shape index (κ2) is 12.8. The zero-order valence-corrected chi connectivity index (χ0v) is 27.7. The zero-order chi connectivity index (χ0) is 31.5. The van der Waals surface area contributed by atoms with Gasteiger partial charge in [-0.25, -0.2) is 24.9 Å². The molecule has 8 heteroatoms. The fourth-order valence-corrected chi connectivity index (χ4v) is 5.49. The third kappa shape index (κ3) is 7.84. The number of halogens is 1. The predicted octanol–water partition coefficient (Wildman–Crippen LogP) is 10.2. The average molecular weight is 622 g/mol. The zero-order valence-electron chi connectivity index (χ0n) is 26.1. The number of nitrogens with zero attached hydrogens (tertiary/aromatic N) is 5. The first-order valence-electron chi connectivity index (χ1n) is 14.4. The molecule has 0 radical (unpaired) electrons. The van der Waals surface area contributed by atoms with Crippen LogP contribution >= 0.6 is 22.9 Å². The van der Waals surface area contributed by atoms with Crippen LogP contribution in [-0.4, -0.2) is 24.9 Å². The van der Waals surface area contributed by atoms with Gasteiger partial charge in [-0.1, -0.05) is 102 Å². The topological polar surface area (TPSA) is 73.7 Å². The molecule has 3 heterocycles. The van der Waals surface area contributed by atoms with Gasteiger partial charge in [-0.2, -0.15) is 0 Å². The summed E-state index contributed by atoms with van der Waals surface area (Å²) in [6.45, 7) is 15.2. The lowest BCUT2D eigenvalue weighted by atomic mass is 9.86. The van der Waals surface area contributed by atoms with Gasteiger partial charge in [0.05, 0.1) is 26.6 Å². The van der Waals surface area contributed by atoms with Crippen molar-refractivity contribution in [2.45, 2.75) is 59.3 Å². The van der Waals surface area contributed by atoms with Crippen molar-refractivity contribution in [2.24, 2.45) is 0 Å². The van der Waals surface area contributed by atoms with E-state index in [9.17, 15) is 0 Å². The normalized spacial score (nSPS) is 11.6. The molecule has 0 aliphatic rings. The molecule has 0 aliphatic carbocycles. The van der Waals surface area contributed by atoms with Crippen LogP contribution in [0, 0.1) is 6.92 Å². The highest BCUT2D eigenvalue weighted by Crippen LogP contribution is 2.30. The number of thiazole rings is 1. The monoisotopic (exact) mass is 621 g/mol. The first-order chi connectivity index (χ1) is 20.8. The third-order valence-corrected chi connectivity index (χ3v) is 8.22. The molecule has 224 valence electrons. The van der Waals surface area contributed by atoms with Crippen molar-refractivity contribution in [3.05, 3.63) is 113 Å². The smallest absolute Gasteiger partial charge is 0.222 e. The van der Waals surface area contributed by atoms with Crippen molar-refractivity contribution in [2.75, 3.05) is 0 Å². The summed E-state index contributed by atoms with van der Waals surface area (Å²) in [5.74, 6) is 1.24. The number of aryl methyl sites for hydroxylation is 1. The first kappa shape index (κ1) is 31.2. The van der Waals surface area contributed by atoms with Crippen LogP contribution in [0.1, 0.15) is 57.7 Å². The van der Waals surface area contributed by atoms with Crippen LogP contribution in [0.15, 0.2) is 91.5 Å². The number of fused-ring (bicyclic) bond motifs is 1. The van der Waals surface area contributed by atoms with Crippen LogP contribution in [0.4, 0.5) is 0 Å².